The molecule has 0 aromatic heterocycles. The van der Waals surface area contributed by atoms with Crippen LogP contribution in [0.15, 0.2) is 48.5 Å². The Balaban J connectivity index is 2.04. The lowest BCUT2D eigenvalue weighted by molar-refractivity contribution is 0.251. The monoisotopic (exact) mass is 370 g/mol. The van der Waals surface area contributed by atoms with Crippen LogP contribution >= 0.6 is 0 Å². The van der Waals surface area contributed by atoms with Gasteiger partial charge in [0.2, 0.25) is 5.75 Å². The summed E-state index contributed by atoms with van der Waals surface area (Å²) < 4.78 is 18.2. The molecule has 0 atom stereocenters. The second-order valence-corrected chi connectivity index (χ2v) is 6.82. The number of hydrogen-bond donors (Lipinski definition) is 0. The fourth-order valence-corrected chi connectivity index (χ4v) is 2.86. The maximum absolute atomic E-state index is 6.12. The van der Waals surface area contributed by atoms with Crippen LogP contribution in [0.25, 0.3) is 0 Å². The molecule has 0 saturated heterocycles. The number of hydrogen-bond acceptors (Lipinski definition) is 3. The van der Waals surface area contributed by atoms with Crippen molar-refractivity contribution < 1.29 is 14.2 Å². The van der Waals surface area contributed by atoms with E-state index < -0.39 is 0 Å². The summed E-state index contributed by atoms with van der Waals surface area (Å²) in [6, 6.07) is 15.7. The van der Waals surface area contributed by atoms with Crippen molar-refractivity contribution in [2.75, 3.05) is 13.2 Å². The van der Waals surface area contributed by atoms with Gasteiger partial charge in [-0.2, -0.15) is 0 Å². The summed E-state index contributed by atoms with van der Waals surface area (Å²) in [5, 5.41) is 0. The van der Waals surface area contributed by atoms with Gasteiger partial charge in [-0.25, -0.2) is 0 Å². The van der Waals surface area contributed by atoms with Gasteiger partial charge in [-0.15, -0.1) is 0 Å². The lowest BCUT2D eigenvalue weighted by Gasteiger charge is -2.17. The minimum Gasteiger partial charge on any atom is -0.490 e. The third-order valence-electron chi connectivity index (χ3n) is 4.41. The molecule has 0 radical (unpaired) electrons. The van der Waals surface area contributed by atoms with Gasteiger partial charge >= 0.3 is 0 Å². The number of unbranched alkanes of at least 4 members (excludes halogenated alkanes) is 6. The first-order valence-electron chi connectivity index (χ1n) is 10.5. The Morgan fingerprint density at radius 2 is 1.22 bits per heavy atom. The second-order valence-electron chi connectivity index (χ2n) is 6.82. The Morgan fingerprint density at radius 1 is 0.593 bits per heavy atom. The molecule has 0 bridgehead atoms. The van der Waals surface area contributed by atoms with Gasteiger partial charge in [-0.3, -0.25) is 0 Å². The molecule has 3 heteroatoms. The maximum atomic E-state index is 6.12. The molecule has 0 fully saturated rings. The molecule has 2 aromatic carbocycles. The van der Waals surface area contributed by atoms with Crippen molar-refractivity contribution >= 4 is 0 Å². The van der Waals surface area contributed by atoms with Crippen LogP contribution in [0.4, 0.5) is 0 Å². The summed E-state index contributed by atoms with van der Waals surface area (Å²) in [7, 11) is 0. The van der Waals surface area contributed by atoms with E-state index in [0.29, 0.717) is 24.7 Å². The minimum atomic E-state index is 0.682. The average molecular weight is 371 g/mol. The maximum Gasteiger partial charge on any atom is 0.204 e. The molecular formula is C24H34O3. The summed E-state index contributed by atoms with van der Waals surface area (Å²) in [6.07, 6.45) is 9.44. The molecule has 0 spiro atoms. The lowest BCUT2D eigenvalue weighted by atomic mass is 10.2. The minimum absolute atomic E-state index is 0.682. The number of ether oxygens (including phenoxy) is 3. The van der Waals surface area contributed by atoms with Gasteiger partial charge in [0, 0.05) is 0 Å². The predicted molar refractivity (Wildman–Crippen MR) is 112 cm³/mol. The van der Waals surface area contributed by atoms with Crippen LogP contribution in [0.2, 0.25) is 0 Å². The summed E-state index contributed by atoms with van der Waals surface area (Å²) in [5.41, 5.74) is 0. The fraction of sp³-hybridized carbons (Fsp3) is 0.500. The van der Waals surface area contributed by atoms with Crippen molar-refractivity contribution in [1.29, 1.82) is 0 Å². The Bertz CT molecular complexity index is 625. The van der Waals surface area contributed by atoms with Crippen molar-refractivity contribution in [1.82, 2.24) is 0 Å². The third kappa shape index (κ3) is 7.94. The Morgan fingerprint density at radius 3 is 1.89 bits per heavy atom. The SMILES string of the molecule is CCCCCCOc1cccc(Oc2ccccc2)c1OCCCCCC. The molecule has 0 unspecified atom stereocenters. The van der Waals surface area contributed by atoms with E-state index in [9.17, 15) is 0 Å². The molecule has 27 heavy (non-hydrogen) atoms. The molecular weight excluding hydrogens is 336 g/mol. The van der Waals surface area contributed by atoms with Crippen molar-refractivity contribution in [3.8, 4) is 23.0 Å². The van der Waals surface area contributed by atoms with Crippen molar-refractivity contribution in [3.05, 3.63) is 48.5 Å². The van der Waals surface area contributed by atoms with E-state index in [2.05, 4.69) is 13.8 Å². The highest BCUT2D eigenvalue weighted by molar-refractivity contribution is 5.52. The Hall–Kier alpha value is -2.16. The van der Waals surface area contributed by atoms with Crippen LogP contribution in [0.3, 0.4) is 0 Å². The standard InChI is InChI=1S/C24H34O3/c1-3-5-7-12-19-25-22-17-14-18-23(27-21-15-10-9-11-16-21)24(22)26-20-13-8-6-4-2/h9-11,14-18H,3-8,12-13,19-20H2,1-2H3. The van der Waals surface area contributed by atoms with E-state index in [4.69, 9.17) is 14.2 Å². The molecule has 148 valence electrons. The van der Waals surface area contributed by atoms with Gasteiger partial charge in [-0.05, 0) is 37.1 Å². The molecule has 3 nitrogen and oxygen atoms in total. The zero-order chi connectivity index (χ0) is 19.2. The zero-order valence-corrected chi connectivity index (χ0v) is 16.9. The van der Waals surface area contributed by atoms with Gasteiger partial charge in [0.05, 0.1) is 13.2 Å². The summed E-state index contributed by atoms with van der Waals surface area (Å²) >= 11 is 0. The fourth-order valence-electron chi connectivity index (χ4n) is 2.86. The van der Waals surface area contributed by atoms with Crippen molar-refractivity contribution in [2.24, 2.45) is 0 Å². The predicted octanol–water partition coefficient (Wildman–Crippen LogP) is 7.40. The first kappa shape index (κ1) is 21.1. The van der Waals surface area contributed by atoms with Crippen LogP contribution in [-0.4, -0.2) is 13.2 Å². The van der Waals surface area contributed by atoms with Crippen LogP contribution in [0.1, 0.15) is 65.2 Å². The normalized spacial score (nSPS) is 10.6. The second kappa shape index (κ2) is 13.1. The lowest BCUT2D eigenvalue weighted by Crippen LogP contribution is -2.04. The van der Waals surface area contributed by atoms with E-state index in [1.165, 1.54) is 38.5 Å². The molecule has 0 amide bonds. The number of para-hydroxylation sites is 2. The smallest absolute Gasteiger partial charge is 0.204 e. The molecule has 2 rings (SSSR count). The average Bonchev–Trinajstić information content (AvgIpc) is 2.70. The van der Waals surface area contributed by atoms with E-state index >= 15 is 0 Å². The highest BCUT2D eigenvalue weighted by atomic mass is 16.5. The molecule has 0 heterocycles. The zero-order valence-electron chi connectivity index (χ0n) is 16.9. The third-order valence-corrected chi connectivity index (χ3v) is 4.41. The number of rotatable bonds is 14. The van der Waals surface area contributed by atoms with Crippen LogP contribution in [0.5, 0.6) is 23.0 Å². The van der Waals surface area contributed by atoms with Crippen LogP contribution in [0, 0.1) is 0 Å². The van der Waals surface area contributed by atoms with E-state index in [1.807, 2.05) is 48.5 Å². The van der Waals surface area contributed by atoms with Gasteiger partial charge in [0.1, 0.15) is 5.75 Å². The first-order chi connectivity index (χ1) is 13.3. The molecule has 2 aromatic rings. The Kier molecular flexibility index (Phi) is 10.2. The van der Waals surface area contributed by atoms with Crippen LogP contribution < -0.4 is 14.2 Å². The molecule has 0 N–H and O–H groups in total. The summed E-state index contributed by atoms with van der Waals surface area (Å²) in [5.74, 6) is 3.00. The quantitative estimate of drug-likeness (QED) is 0.324. The van der Waals surface area contributed by atoms with E-state index in [-0.39, 0.29) is 0 Å². The molecule has 0 saturated carbocycles. The van der Waals surface area contributed by atoms with E-state index in [0.717, 1.165) is 24.3 Å². The van der Waals surface area contributed by atoms with Crippen LogP contribution in [-0.2, 0) is 0 Å². The van der Waals surface area contributed by atoms with Gasteiger partial charge in [-0.1, -0.05) is 76.6 Å². The van der Waals surface area contributed by atoms with Crippen molar-refractivity contribution in [2.45, 2.75) is 65.2 Å². The summed E-state index contributed by atoms with van der Waals surface area (Å²) in [6.45, 7) is 5.83. The highest BCUT2D eigenvalue weighted by Gasteiger charge is 2.13. The van der Waals surface area contributed by atoms with E-state index in [1.54, 1.807) is 0 Å². The molecule has 0 aliphatic rings. The molecule has 0 aliphatic heterocycles. The highest BCUT2D eigenvalue weighted by Crippen LogP contribution is 2.39. The molecule has 0 aliphatic carbocycles. The Labute approximate surface area is 164 Å². The van der Waals surface area contributed by atoms with Crippen molar-refractivity contribution in [3.63, 3.8) is 0 Å². The number of benzene rings is 2. The summed E-state index contributed by atoms with van der Waals surface area (Å²) in [4.78, 5) is 0. The first-order valence-corrected chi connectivity index (χ1v) is 10.5. The topological polar surface area (TPSA) is 27.7 Å². The largest absolute Gasteiger partial charge is 0.490 e. The van der Waals surface area contributed by atoms with Gasteiger partial charge in [0.15, 0.2) is 11.5 Å². The van der Waals surface area contributed by atoms with Gasteiger partial charge in [0.25, 0.3) is 0 Å². The van der Waals surface area contributed by atoms with Gasteiger partial charge < -0.3 is 14.2 Å².